The third-order valence-electron chi connectivity index (χ3n) is 2.27. The molecule has 1 aromatic carbocycles. The normalized spacial score (nSPS) is 21.2. The molecule has 0 amide bonds. The maximum atomic E-state index is 13.4. The largest absolute Gasteiger partial charge is 0.310 e. The number of rotatable bonds is 2. The Balaban J connectivity index is 2.17. The van der Waals surface area contributed by atoms with Crippen molar-refractivity contribution in [2.24, 2.45) is 5.73 Å². The zero-order valence-electron chi connectivity index (χ0n) is 8.16. The predicted molar refractivity (Wildman–Crippen MR) is 61.4 cm³/mol. The van der Waals surface area contributed by atoms with Gasteiger partial charge in [-0.05, 0) is 24.1 Å². The van der Waals surface area contributed by atoms with E-state index >= 15 is 0 Å². The Hall–Kier alpha value is -0.620. The van der Waals surface area contributed by atoms with Crippen LogP contribution in [0.2, 0.25) is 0 Å². The van der Waals surface area contributed by atoms with Crippen LogP contribution < -0.4 is 5.73 Å². The molecule has 0 fully saturated rings. The fourth-order valence-corrected chi connectivity index (χ4v) is 2.48. The van der Waals surface area contributed by atoms with Gasteiger partial charge in [-0.3, -0.25) is 0 Å². The van der Waals surface area contributed by atoms with Gasteiger partial charge >= 0.3 is 0 Å². The summed E-state index contributed by atoms with van der Waals surface area (Å²) in [5.41, 5.74) is 5.74. The van der Waals surface area contributed by atoms with Gasteiger partial charge in [0.25, 0.3) is 0 Å². The molecule has 0 saturated carbocycles. The summed E-state index contributed by atoms with van der Waals surface area (Å²) in [5, 5.41) is 2.13. The molecule has 1 aromatic rings. The summed E-state index contributed by atoms with van der Waals surface area (Å²) in [6, 6.07) is 3.77. The molecule has 2 rings (SSSR count). The van der Waals surface area contributed by atoms with Crippen molar-refractivity contribution in [2.45, 2.75) is 12.7 Å². The molecule has 0 aliphatic carbocycles. The van der Waals surface area contributed by atoms with E-state index in [-0.39, 0.29) is 12.1 Å². The van der Waals surface area contributed by atoms with Crippen LogP contribution >= 0.6 is 23.5 Å². The van der Waals surface area contributed by atoms with Gasteiger partial charge in [0.15, 0.2) is 0 Å². The third kappa shape index (κ3) is 2.22. The summed E-state index contributed by atoms with van der Waals surface area (Å²) in [6.07, 6.45) is -0.509. The molecule has 1 unspecified atom stereocenters. The summed E-state index contributed by atoms with van der Waals surface area (Å²) in [4.78, 5) is 0. The van der Waals surface area contributed by atoms with Gasteiger partial charge in [0.1, 0.15) is 17.8 Å². The Morgan fingerprint density at radius 2 is 2.00 bits per heavy atom. The van der Waals surface area contributed by atoms with Gasteiger partial charge in [0, 0.05) is 17.5 Å². The van der Waals surface area contributed by atoms with Crippen LogP contribution in [0.15, 0.2) is 28.6 Å². The molecule has 0 saturated heterocycles. The number of hydrogen-bond acceptors (Lipinski definition) is 3. The van der Waals surface area contributed by atoms with Crippen LogP contribution in [-0.4, -0.2) is 10.5 Å². The Kier molecular flexibility index (Phi) is 3.49. The average Bonchev–Trinajstić information content (AvgIpc) is 2.55. The first kappa shape index (κ1) is 11.9. The number of nitrogens with zero attached hydrogens (tertiary/aromatic N) is 1. The molecule has 2 nitrogen and oxygen atoms in total. The molecule has 86 valence electrons. The smallest absolute Gasteiger partial charge is 0.130 e. The van der Waals surface area contributed by atoms with Gasteiger partial charge in [-0.2, -0.15) is 0 Å². The maximum Gasteiger partial charge on any atom is 0.130 e. The minimum atomic E-state index is -0.573. The molecule has 0 radical (unpaired) electrons. The first-order chi connectivity index (χ1) is 7.59. The van der Waals surface area contributed by atoms with E-state index in [2.05, 4.69) is 0 Å². The molecular weight excluding hydrogens is 254 g/mol. The lowest BCUT2D eigenvalue weighted by Gasteiger charge is -2.20. The first-order valence-electron chi connectivity index (χ1n) is 4.57. The van der Waals surface area contributed by atoms with E-state index in [9.17, 15) is 8.78 Å². The van der Waals surface area contributed by atoms with Crippen molar-refractivity contribution in [3.05, 3.63) is 45.8 Å². The summed E-state index contributed by atoms with van der Waals surface area (Å²) in [6.45, 7) is 0.0804. The number of benzene rings is 1. The third-order valence-corrected chi connectivity index (χ3v) is 3.72. The van der Waals surface area contributed by atoms with Crippen molar-refractivity contribution in [3.8, 4) is 0 Å². The van der Waals surface area contributed by atoms with E-state index in [0.717, 1.165) is 0 Å². The van der Waals surface area contributed by atoms with Crippen LogP contribution in [0.4, 0.5) is 8.78 Å². The first-order valence-corrected chi connectivity index (χ1v) is 5.78. The van der Waals surface area contributed by atoms with E-state index in [1.165, 1.54) is 30.1 Å². The summed E-state index contributed by atoms with van der Waals surface area (Å²) in [5.74, 6) is -1.15. The van der Waals surface area contributed by atoms with E-state index < -0.39 is 17.8 Å². The highest BCUT2D eigenvalue weighted by Crippen LogP contribution is 2.32. The number of hydrogen-bond donors (Lipinski definition) is 1. The van der Waals surface area contributed by atoms with Crippen molar-refractivity contribution in [2.75, 3.05) is 0 Å². The quantitative estimate of drug-likeness (QED) is 0.831. The Morgan fingerprint density at radius 1 is 1.38 bits per heavy atom. The van der Waals surface area contributed by atoms with E-state index in [1.807, 2.05) is 0 Å². The van der Waals surface area contributed by atoms with Gasteiger partial charge < -0.3 is 5.73 Å². The van der Waals surface area contributed by atoms with Gasteiger partial charge in [0.05, 0.1) is 5.03 Å². The van der Waals surface area contributed by atoms with E-state index in [1.54, 1.807) is 9.71 Å². The van der Waals surface area contributed by atoms with Gasteiger partial charge in [0.2, 0.25) is 0 Å². The SMILES string of the molecule is NC1C(Cl)=CSN1Cc1c(F)cccc1F. The van der Waals surface area contributed by atoms with E-state index in [4.69, 9.17) is 17.3 Å². The monoisotopic (exact) mass is 262 g/mol. The summed E-state index contributed by atoms with van der Waals surface area (Å²) < 4.78 is 28.3. The summed E-state index contributed by atoms with van der Waals surface area (Å²) in [7, 11) is 0. The number of halogens is 3. The molecule has 1 aliphatic rings. The molecule has 16 heavy (non-hydrogen) atoms. The zero-order valence-corrected chi connectivity index (χ0v) is 9.73. The zero-order chi connectivity index (χ0) is 11.7. The van der Waals surface area contributed by atoms with Gasteiger partial charge in [-0.1, -0.05) is 17.7 Å². The van der Waals surface area contributed by atoms with Crippen LogP contribution in [0.3, 0.4) is 0 Å². The number of nitrogens with two attached hydrogens (primary N) is 1. The Bertz CT molecular complexity index is 419. The van der Waals surface area contributed by atoms with Crippen LogP contribution in [0.1, 0.15) is 5.56 Å². The fourth-order valence-electron chi connectivity index (χ4n) is 1.37. The van der Waals surface area contributed by atoms with Gasteiger partial charge in [-0.15, -0.1) is 0 Å². The molecule has 2 N–H and O–H groups in total. The second kappa shape index (κ2) is 4.71. The lowest BCUT2D eigenvalue weighted by molar-refractivity contribution is 0.393. The van der Waals surface area contributed by atoms with Crippen LogP contribution in [-0.2, 0) is 6.54 Å². The Morgan fingerprint density at radius 3 is 2.50 bits per heavy atom. The minimum absolute atomic E-state index is 0.00483. The van der Waals surface area contributed by atoms with Crippen LogP contribution in [0.25, 0.3) is 0 Å². The summed E-state index contributed by atoms with van der Waals surface area (Å²) >= 11 is 7.04. The highest BCUT2D eigenvalue weighted by atomic mass is 35.5. The van der Waals surface area contributed by atoms with Crippen LogP contribution in [0, 0.1) is 11.6 Å². The van der Waals surface area contributed by atoms with Crippen molar-refractivity contribution in [1.82, 2.24) is 4.31 Å². The topological polar surface area (TPSA) is 29.3 Å². The van der Waals surface area contributed by atoms with Crippen LogP contribution in [0.5, 0.6) is 0 Å². The molecular formula is C10H9ClF2N2S. The average molecular weight is 263 g/mol. The standard InChI is InChI=1S/C10H9ClF2N2S/c11-7-5-16-15(10(7)14)4-6-8(12)2-1-3-9(6)13/h1-3,5,10H,4,14H2. The second-order valence-corrected chi connectivity index (χ2v) is 4.68. The van der Waals surface area contributed by atoms with E-state index in [0.29, 0.717) is 5.03 Å². The molecule has 0 spiro atoms. The second-order valence-electron chi connectivity index (χ2n) is 3.33. The fraction of sp³-hybridized carbons (Fsp3) is 0.200. The highest BCUT2D eigenvalue weighted by Gasteiger charge is 2.25. The molecule has 1 heterocycles. The minimum Gasteiger partial charge on any atom is -0.310 e. The lowest BCUT2D eigenvalue weighted by Crippen LogP contribution is -2.34. The highest BCUT2D eigenvalue weighted by molar-refractivity contribution is 8.00. The van der Waals surface area contributed by atoms with Crippen molar-refractivity contribution in [1.29, 1.82) is 0 Å². The maximum absolute atomic E-state index is 13.4. The Labute approximate surface area is 101 Å². The van der Waals surface area contributed by atoms with Crippen molar-refractivity contribution < 1.29 is 8.78 Å². The lowest BCUT2D eigenvalue weighted by atomic mass is 10.2. The molecule has 1 atom stereocenters. The molecule has 6 heteroatoms. The van der Waals surface area contributed by atoms with Crippen molar-refractivity contribution >= 4 is 23.5 Å². The van der Waals surface area contributed by atoms with Gasteiger partial charge in [-0.25, -0.2) is 13.1 Å². The molecule has 0 bridgehead atoms. The van der Waals surface area contributed by atoms with Crippen molar-refractivity contribution in [3.63, 3.8) is 0 Å². The predicted octanol–water partition coefficient (Wildman–Crippen LogP) is 2.79. The molecule has 1 aliphatic heterocycles. The molecule has 0 aromatic heterocycles.